The van der Waals surface area contributed by atoms with Gasteiger partial charge in [-0.3, -0.25) is 0 Å². The summed E-state index contributed by atoms with van der Waals surface area (Å²) in [5, 5.41) is 0. The molecule has 0 unspecified atom stereocenters. The molecule has 3 saturated carbocycles. The Kier molecular flexibility index (Phi) is 13.8. The van der Waals surface area contributed by atoms with Gasteiger partial charge in [-0.2, -0.15) is 0 Å². The second-order valence-electron chi connectivity index (χ2n) is 16.2. The molecule has 0 radical (unpaired) electrons. The Labute approximate surface area is 314 Å². The van der Waals surface area contributed by atoms with Crippen LogP contribution in [0.3, 0.4) is 0 Å². The molecule has 1 heterocycles. The van der Waals surface area contributed by atoms with Gasteiger partial charge in [0.2, 0.25) is 0 Å². The van der Waals surface area contributed by atoms with Crippen molar-refractivity contribution in [2.45, 2.75) is 155 Å². The molecule has 1 aliphatic heterocycles. The normalized spacial score (nSPS) is 19.5. The molecule has 1 saturated heterocycles. The SMILES string of the molecule is C1CCC([PH+](C2CCCCC2)C2CCCCC2)CC1.Cc1cc(C)c(N2CCN(c3c(C)cc(C)cc3C)[C]2=[Ru]=[CH]c2ccccc2)c(C)c1. The first-order valence-electron chi connectivity index (χ1n) is 20.2. The summed E-state index contributed by atoms with van der Waals surface area (Å²) >= 11 is -0.0911. The van der Waals surface area contributed by atoms with E-state index in [1.807, 2.05) is 0 Å². The number of rotatable bonds is 6. The van der Waals surface area contributed by atoms with Crippen LogP contribution in [-0.2, 0) is 16.2 Å². The molecular formula is C46H66N2PRu+. The van der Waals surface area contributed by atoms with Gasteiger partial charge in [0.25, 0.3) is 0 Å². The first kappa shape index (κ1) is 37.8. The van der Waals surface area contributed by atoms with Gasteiger partial charge in [-0.1, -0.05) is 19.3 Å². The van der Waals surface area contributed by atoms with E-state index in [0.717, 1.165) is 13.1 Å². The predicted octanol–water partition coefficient (Wildman–Crippen LogP) is 12.1. The zero-order valence-corrected chi connectivity index (χ0v) is 35.0. The van der Waals surface area contributed by atoms with Crippen molar-refractivity contribution in [3.8, 4) is 0 Å². The van der Waals surface area contributed by atoms with Gasteiger partial charge >= 0.3 is 195 Å². The molecule has 2 nitrogen and oxygen atoms in total. The number of hydrogen-bond donors (Lipinski definition) is 0. The van der Waals surface area contributed by atoms with Crippen molar-refractivity contribution in [3.63, 3.8) is 0 Å². The van der Waals surface area contributed by atoms with Crippen LogP contribution in [0.1, 0.15) is 135 Å². The molecule has 272 valence electrons. The van der Waals surface area contributed by atoms with Gasteiger partial charge < -0.3 is 0 Å². The van der Waals surface area contributed by atoms with E-state index in [2.05, 4.69) is 111 Å². The first-order valence-corrected chi connectivity index (χ1v) is 23.8. The van der Waals surface area contributed by atoms with Crippen molar-refractivity contribution in [2.24, 2.45) is 0 Å². The molecule has 7 rings (SSSR count). The van der Waals surface area contributed by atoms with Crippen LogP contribution < -0.4 is 9.80 Å². The Morgan fingerprint density at radius 1 is 0.520 bits per heavy atom. The monoisotopic (exact) mass is 779 g/mol. The third-order valence-electron chi connectivity index (χ3n) is 12.1. The van der Waals surface area contributed by atoms with Gasteiger partial charge in [-0.25, -0.2) is 0 Å². The standard InChI is InChI=1S/C21H26N2.C18H33P.C7H6.Ru/c1-14-9-16(3)20(17(4)10-14)22-7-8-23(13-22)21-18(5)11-15(2)12-19(21)6;1-4-10-16(11-5-1)19(17-12-6-2-7-13-17)18-14-8-3-9-15-18;1-7-5-3-2-4-6-7;/h9-12H,7-8H2,1-6H3;16-18H,1-15H2;1-6H;/p+1. The average molecular weight is 779 g/mol. The maximum absolute atomic E-state index is 2.60. The van der Waals surface area contributed by atoms with Gasteiger partial charge in [0.05, 0.1) is 17.0 Å². The summed E-state index contributed by atoms with van der Waals surface area (Å²) in [5.74, 6) is 0. The second kappa shape index (κ2) is 18.2. The van der Waals surface area contributed by atoms with Crippen molar-refractivity contribution in [2.75, 3.05) is 22.9 Å². The number of aryl methyl sites for hydroxylation is 6. The minimum atomic E-state index is -0.0911. The Morgan fingerprint density at radius 3 is 1.24 bits per heavy atom. The van der Waals surface area contributed by atoms with E-state index in [0.29, 0.717) is 0 Å². The topological polar surface area (TPSA) is 6.48 Å². The van der Waals surface area contributed by atoms with Crippen molar-refractivity contribution < 1.29 is 16.2 Å². The van der Waals surface area contributed by atoms with Crippen LogP contribution >= 0.6 is 7.92 Å². The van der Waals surface area contributed by atoms with E-state index in [1.54, 1.807) is 96.3 Å². The van der Waals surface area contributed by atoms with Crippen LogP contribution in [-0.4, -0.2) is 39.0 Å². The summed E-state index contributed by atoms with van der Waals surface area (Å²) in [6, 6.07) is 20.1. The van der Waals surface area contributed by atoms with Gasteiger partial charge in [0.1, 0.15) is 0 Å². The summed E-state index contributed by atoms with van der Waals surface area (Å²) in [7, 11) is -0.0465. The van der Waals surface area contributed by atoms with E-state index in [-0.39, 0.29) is 24.1 Å². The second-order valence-corrected chi connectivity index (χ2v) is 21.4. The van der Waals surface area contributed by atoms with Crippen molar-refractivity contribution in [1.29, 1.82) is 0 Å². The zero-order valence-electron chi connectivity index (χ0n) is 32.3. The van der Waals surface area contributed by atoms with Gasteiger partial charge in [0.15, 0.2) is 0 Å². The summed E-state index contributed by atoms with van der Waals surface area (Å²) in [6.45, 7) is 15.5. The van der Waals surface area contributed by atoms with Gasteiger partial charge in [0, 0.05) is 7.92 Å². The summed E-state index contributed by atoms with van der Waals surface area (Å²) < 4.78 is 3.91. The molecule has 4 aliphatic rings. The molecule has 3 aromatic carbocycles. The van der Waals surface area contributed by atoms with E-state index >= 15 is 0 Å². The van der Waals surface area contributed by atoms with E-state index in [1.165, 1.54) is 71.7 Å². The molecule has 0 amide bonds. The Hall–Kier alpha value is -1.95. The Balaban J connectivity index is 0.000000194. The third-order valence-corrected chi connectivity index (χ3v) is 18.9. The molecule has 0 atom stereocenters. The minimum absolute atomic E-state index is 0.0465. The first-order chi connectivity index (χ1) is 24.3. The summed E-state index contributed by atoms with van der Waals surface area (Å²) in [6.07, 6.45) is 23.8. The van der Waals surface area contributed by atoms with Crippen molar-refractivity contribution in [3.05, 3.63) is 93.5 Å². The summed E-state index contributed by atoms with van der Waals surface area (Å²) in [5.41, 5.74) is 15.9. The zero-order chi connectivity index (χ0) is 35.0. The summed E-state index contributed by atoms with van der Waals surface area (Å²) in [4.78, 5) is 5.20. The van der Waals surface area contributed by atoms with Crippen LogP contribution in [0.25, 0.3) is 0 Å². The quantitative estimate of drug-likeness (QED) is 0.182. The van der Waals surface area contributed by atoms with Gasteiger partial charge in [-0.15, -0.1) is 0 Å². The van der Waals surface area contributed by atoms with Crippen LogP contribution in [0.2, 0.25) is 0 Å². The molecular weight excluding hydrogens is 713 g/mol. The fourth-order valence-electron chi connectivity index (χ4n) is 10.2. The maximum atomic E-state index is 2.60. The molecule has 3 aromatic rings. The molecule has 4 heteroatoms. The van der Waals surface area contributed by atoms with Gasteiger partial charge in [-0.05, 0) is 77.0 Å². The van der Waals surface area contributed by atoms with E-state index in [4.69, 9.17) is 0 Å². The number of hydrogen-bond acceptors (Lipinski definition) is 2. The number of anilines is 2. The third kappa shape index (κ3) is 9.34. The number of benzene rings is 3. The van der Waals surface area contributed by atoms with Crippen LogP contribution in [0, 0.1) is 41.5 Å². The Morgan fingerprint density at radius 2 is 0.880 bits per heavy atom. The fraction of sp³-hybridized carbons (Fsp3) is 0.565. The van der Waals surface area contributed by atoms with Crippen LogP contribution in [0.15, 0.2) is 54.6 Å². The van der Waals surface area contributed by atoms with Crippen LogP contribution in [0.5, 0.6) is 0 Å². The molecule has 0 N–H and O–H groups in total. The fourth-order valence-corrected chi connectivity index (χ4v) is 17.6. The number of nitrogens with zero attached hydrogens (tertiary/aromatic N) is 2. The van der Waals surface area contributed by atoms with E-state index < -0.39 is 0 Å². The predicted molar refractivity (Wildman–Crippen MR) is 222 cm³/mol. The van der Waals surface area contributed by atoms with E-state index in [9.17, 15) is 0 Å². The molecule has 0 aromatic heterocycles. The van der Waals surface area contributed by atoms with Crippen LogP contribution in [0.4, 0.5) is 11.4 Å². The molecule has 4 fully saturated rings. The Bertz CT molecular complexity index is 1460. The molecule has 0 spiro atoms. The van der Waals surface area contributed by atoms with Crippen molar-refractivity contribution in [1.82, 2.24) is 0 Å². The van der Waals surface area contributed by atoms with Crippen molar-refractivity contribution >= 4 is 28.3 Å². The molecule has 50 heavy (non-hydrogen) atoms. The molecule has 0 bridgehead atoms. The average Bonchev–Trinajstić information content (AvgIpc) is 3.51. The molecule has 3 aliphatic carbocycles.